The Morgan fingerprint density at radius 2 is 2.50 bits per heavy atom. The summed E-state index contributed by atoms with van der Waals surface area (Å²) in [5.74, 6) is 0.0159. The molecule has 0 aromatic rings. The van der Waals surface area contributed by atoms with Gasteiger partial charge in [0, 0.05) is 6.42 Å². The van der Waals surface area contributed by atoms with Crippen molar-refractivity contribution >= 4 is 12.4 Å². The van der Waals surface area contributed by atoms with Crippen molar-refractivity contribution in [3.8, 4) is 0 Å². The van der Waals surface area contributed by atoms with Crippen molar-refractivity contribution in [2.45, 2.75) is 39.0 Å². The average Bonchev–Trinajstić information content (AvgIpc) is 2.67. The van der Waals surface area contributed by atoms with Crippen molar-refractivity contribution in [2.75, 3.05) is 0 Å². The van der Waals surface area contributed by atoms with E-state index < -0.39 is 5.97 Å². The predicted octanol–water partition coefficient (Wildman–Crippen LogP) is 2.21. The minimum Gasteiger partial charge on any atom is -0.395 e. The SMILES string of the molecule is CC(CCC(=O)OC=O)C1=CCCC1. The molecule has 0 radical (unpaired) electrons. The molecule has 14 heavy (non-hydrogen) atoms. The van der Waals surface area contributed by atoms with Crippen molar-refractivity contribution in [3.63, 3.8) is 0 Å². The summed E-state index contributed by atoms with van der Waals surface area (Å²) in [7, 11) is 0. The highest BCUT2D eigenvalue weighted by Crippen LogP contribution is 2.27. The molecule has 1 rings (SSSR count). The Balaban J connectivity index is 2.23. The van der Waals surface area contributed by atoms with Crippen molar-refractivity contribution in [1.29, 1.82) is 0 Å². The number of esters is 1. The van der Waals surface area contributed by atoms with E-state index >= 15 is 0 Å². The van der Waals surface area contributed by atoms with Crippen LogP contribution in [0.25, 0.3) is 0 Å². The Bertz CT molecular complexity index is 243. The normalized spacial score (nSPS) is 17.4. The largest absolute Gasteiger partial charge is 0.395 e. The summed E-state index contributed by atoms with van der Waals surface area (Å²) < 4.78 is 4.22. The molecule has 0 bridgehead atoms. The van der Waals surface area contributed by atoms with E-state index in [0.29, 0.717) is 12.3 Å². The first kappa shape index (κ1) is 11.0. The molecule has 78 valence electrons. The number of carbonyl (C=O) groups excluding carboxylic acids is 2. The van der Waals surface area contributed by atoms with Crippen LogP contribution in [0.5, 0.6) is 0 Å². The summed E-state index contributed by atoms with van der Waals surface area (Å²) >= 11 is 0. The first-order valence-corrected chi connectivity index (χ1v) is 5.06. The Labute approximate surface area is 84.1 Å². The van der Waals surface area contributed by atoms with E-state index in [-0.39, 0.29) is 6.47 Å². The molecule has 0 aromatic carbocycles. The molecular formula is C11H16O3. The van der Waals surface area contributed by atoms with Gasteiger partial charge in [0.2, 0.25) is 0 Å². The van der Waals surface area contributed by atoms with Gasteiger partial charge in [-0.3, -0.25) is 9.59 Å². The molecular weight excluding hydrogens is 180 g/mol. The molecule has 1 aliphatic carbocycles. The second-order valence-corrected chi connectivity index (χ2v) is 3.70. The smallest absolute Gasteiger partial charge is 0.313 e. The maximum atomic E-state index is 10.9. The van der Waals surface area contributed by atoms with Crippen LogP contribution in [-0.2, 0) is 14.3 Å². The lowest BCUT2D eigenvalue weighted by molar-refractivity contribution is -0.151. The molecule has 0 aliphatic heterocycles. The van der Waals surface area contributed by atoms with Crippen molar-refractivity contribution in [2.24, 2.45) is 5.92 Å². The molecule has 3 heteroatoms. The lowest BCUT2D eigenvalue weighted by Crippen LogP contribution is -2.06. The van der Waals surface area contributed by atoms with Gasteiger partial charge < -0.3 is 4.74 Å². The fourth-order valence-electron chi connectivity index (χ4n) is 1.78. The van der Waals surface area contributed by atoms with Crippen LogP contribution in [-0.4, -0.2) is 12.4 Å². The van der Waals surface area contributed by atoms with Gasteiger partial charge in [0.15, 0.2) is 0 Å². The highest BCUT2D eigenvalue weighted by Gasteiger charge is 2.14. The third-order valence-corrected chi connectivity index (χ3v) is 2.67. The van der Waals surface area contributed by atoms with Crippen LogP contribution in [0.3, 0.4) is 0 Å². The fraction of sp³-hybridized carbons (Fsp3) is 0.636. The minimum atomic E-state index is -0.426. The van der Waals surface area contributed by atoms with E-state index in [1.807, 2.05) is 0 Å². The van der Waals surface area contributed by atoms with Gasteiger partial charge >= 0.3 is 12.4 Å². The van der Waals surface area contributed by atoms with Crippen LogP contribution < -0.4 is 0 Å². The quantitative estimate of drug-likeness (QED) is 0.293. The van der Waals surface area contributed by atoms with Crippen molar-refractivity contribution in [1.82, 2.24) is 0 Å². The number of carbonyl (C=O) groups is 2. The van der Waals surface area contributed by atoms with Crippen LogP contribution in [0.1, 0.15) is 39.0 Å². The van der Waals surface area contributed by atoms with Crippen LogP contribution in [0.4, 0.5) is 0 Å². The molecule has 0 saturated carbocycles. The molecule has 0 amide bonds. The van der Waals surface area contributed by atoms with Gasteiger partial charge in [-0.15, -0.1) is 0 Å². The molecule has 0 aromatic heterocycles. The molecule has 1 atom stereocenters. The van der Waals surface area contributed by atoms with Crippen molar-refractivity contribution in [3.05, 3.63) is 11.6 Å². The third kappa shape index (κ3) is 3.32. The lowest BCUT2D eigenvalue weighted by Gasteiger charge is -2.11. The number of rotatable bonds is 5. The lowest BCUT2D eigenvalue weighted by atomic mass is 9.96. The van der Waals surface area contributed by atoms with E-state index in [0.717, 1.165) is 12.8 Å². The summed E-state index contributed by atoms with van der Waals surface area (Å²) in [6.45, 7) is 2.31. The summed E-state index contributed by atoms with van der Waals surface area (Å²) in [5.41, 5.74) is 1.45. The molecule has 3 nitrogen and oxygen atoms in total. The monoisotopic (exact) mass is 196 g/mol. The summed E-state index contributed by atoms with van der Waals surface area (Å²) in [5, 5.41) is 0. The first-order chi connectivity index (χ1) is 6.74. The van der Waals surface area contributed by atoms with Gasteiger partial charge in [-0.1, -0.05) is 18.6 Å². The van der Waals surface area contributed by atoms with Crippen LogP contribution >= 0.6 is 0 Å². The minimum absolute atomic E-state index is 0.196. The standard InChI is InChI=1S/C11H16O3/c1-9(10-4-2-3-5-10)6-7-11(13)14-8-12/h4,8-9H,2-3,5-7H2,1H3. The highest BCUT2D eigenvalue weighted by atomic mass is 16.6. The average molecular weight is 196 g/mol. The Hall–Kier alpha value is -1.12. The first-order valence-electron chi connectivity index (χ1n) is 5.06. The second kappa shape index (κ2) is 5.58. The summed E-state index contributed by atoms with van der Waals surface area (Å²) in [4.78, 5) is 20.8. The van der Waals surface area contributed by atoms with E-state index in [1.54, 1.807) is 0 Å². The van der Waals surface area contributed by atoms with Crippen LogP contribution in [0, 0.1) is 5.92 Å². The molecule has 1 unspecified atom stereocenters. The van der Waals surface area contributed by atoms with Gasteiger partial charge in [-0.05, 0) is 31.6 Å². The van der Waals surface area contributed by atoms with Crippen molar-refractivity contribution < 1.29 is 14.3 Å². The zero-order valence-corrected chi connectivity index (χ0v) is 8.49. The fourth-order valence-corrected chi connectivity index (χ4v) is 1.78. The predicted molar refractivity (Wildman–Crippen MR) is 52.5 cm³/mol. The van der Waals surface area contributed by atoms with E-state index in [1.165, 1.54) is 18.4 Å². The van der Waals surface area contributed by atoms with Gasteiger partial charge in [0.1, 0.15) is 0 Å². The Morgan fingerprint density at radius 3 is 3.07 bits per heavy atom. The van der Waals surface area contributed by atoms with Gasteiger partial charge in [0.05, 0.1) is 0 Å². The van der Waals surface area contributed by atoms with Gasteiger partial charge in [-0.2, -0.15) is 0 Å². The molecule has 1 aliphatic rings. The highest BCUT2D eigenvalue weighted by molar-refractivity contribution is 5.76. The third-order valence-electron chi connectivity index (χ3n) is 2.67. The molecule has 0 heterocycles. The van der Waals surface area contributed by atoms with Crippen LogP contribution in [0.2, 0.25) is 0 Å². The van der Waals surface area contributed by atoms with E-state index in [9.17, 15) is 9.59 Å². The molecule has 0 N–H and O–H groups in total. The molecule has 0 saturated heterocycles. The Kier molecular flexibility index (Phi) is 4.36. The maximum absolute atomic E-state index is 10.9. The number of hydrogen-bond donors (Lipinski definition) is 0. The molecule has 0 spiro atoms. The van der Waals surface area contributed by atoms with E-state index in [4.69, 9.17) is 0 Å². The summed E-state index contributed by atoms with van der Waals surface area (Å²) in [6.07, 6.45) is 6.92. The number of hydrogen-bond acceptors (Lipinski definition) is 3. The second-order valence-electron chi connectivity index (χ2n) is 3.70. The van der Waals surface area contributed by atoms with Gasteiger partial charge in [0.25, 0.3) is 0 Å². The number of allylic oxidation sites excluding steroid dienone is 2. The zero-order chi connectivity index (χ0) is 10.4. The van der Waals surface area contributed by atoms with Crippen LogP contribution in [0.15, 0.2) is 11.6 Å². The Morgan fingerprint density at radius 1 is 1.71 bits per heavy atom. The van der Waals surface area contributed by atoms with E-state index in [2.05, 4.69) is 17.7 Å². The topological polar surface area (TPSA) is 43.4 Å². The van der Waals surface area contributed by atoms with Gasteiger partial charge in [-0.25, -0.2) is 0 Å². The number of ether oxygens (including phenoxy) is 1. The zero-order valence-electron chi connectivity index (χ0n) is 8.49. The summed E-state index contributed by atoms with van der Waals surface area (Å²) in [6, 6.07) is 0. The maximum Gasteiger partial charge on any atom is 0.313 e. The molecule has 0 fully saturated rings.